The first-order chi connectivity index (χ1) is 11.5. The fourth-order valence-corrected chi connectivity index (χ4v) is 3.20. The molecule has 1 saturated heterocycles. The molecule has 1 aliphatic rings. The molecular weight excluding hydrogens is 304 g/mol. The number of hydrogen-bond donors (Lipinski definition) is 3. The third-order valence-electron chi connectivity index (χ3n) is 4.71. The maximum absolute atomic E-state index is 12.7. The standard InChI is InChI=1S/C18H28N4O2/c1-13-16(14(2)21-20-13)8-9-18(24)22(11-10-17(19)23)12-15-6-4-3-5-7-15/h3-7,13-14,16,20-21H,8-12H2,1-2H3,(H2,19,23). The van der Waals surface area contributed by atoms with Crippen LogP contribution in [0, 0.1) is 5.92 Å². The van der Waals surface area contributed by atoms with Crippen LogP contribution in [-0.2, 0) is 16.1 Å². The number of nitrogens with zero attached hydrogens (tertiary/aromatic N) is 1. The van der Waals surface area contributed by atoms with E-state index < -0.39 is 0 Å². The molecule has 2 unspecified atom stereocenters. The van der Waals surface area contributed by atoms with Crippen molar-refractivity contribution in [1.82, 2.24) is 15.8 Å². The summed E-state index contributed by atoms with van der Waals surface area (Å²) in [5, 5.41) is 0. The van der Waals surface area contributed by atoms with Gasteiger partial charge in [0.2, 0.25) is 11.8 Å². The van der Waals surface area contributed by atoms with E-state index in [0.717, 1.165) is 12.0 Å². The molecule has 1 aromatic carbocycles. The maximum Gasteiger partial charge on any atom is 0.222 e. The van der Waals surface area contributed by atoms with Gasteiger partial charge >= 0.3 is 0 Å². The summed E-state index contributed by atoms with van der Waals surface area (Å²) in [7, 11) is 0. The highest BCUT2D eigenvalue weighted by atomic mass is 16.2. The summed E-state index contributed by atoms with van der Waals surface area (Å²) < 4.78 is 0. The van der Waals surface area contributed by atoms with Crippen molar-refractivity contribution in [1.29, 1.82) is 0 Å². The van der Waals surface area contributed by atoms with Gasteiger partial charge in [0, 0.05) is 38.0 Å². The topological polar surface area (TPSA) is 87.5 Å². The average molecular weight is 332 g/mol. The van der Waals surface area contributed by atoms with E-state index in [4.69, 9.17) is 5.73 Å². The Morgan fingerprint density at radius 2 is 1.71 bits per heavy atom. The summed E-state index contributed by atoms with van der Waals surface area (Å²) in [4.78, 5) is 25.5. The van der Waals surface area contributed by atoms with Gasteiger partial charge in [-0.3, -0.25) is 20.4 Å². The van der Waals surface area contributed by atoms with Gasteiger partial charge in [-0.15, -0.1) is 0 Å². The highest BCUT2D eigenvalue weighted by molar-refractivity contribution is 5.78. The minimum absolute atomic E-state index is 0.0754. The number of nitrogens with two attached hydrogens (primary N) is 1. The summed E-state index contributed by atoms with van der Waals surface area (Å²) in [6, 6.07) is 10.5. The molecule has 1 heterocycles. The number of carbonyl (C=O) groups is 2. The fourth-order valence-electron chi connectivity index (χ4n) is 3.20. The molecule has 6 heteroatoms. The molecule has 1 aromatic rings. The Bertz CT molecular complexity index is 539. The maximum atomic E-state index is 12.7. The van der Waals surface area contributed by atoms with Crippen molar-refractivity contribution in [2.45, 2.75) is 51.7 Å². The molecule has 6 nitrogen and oxygen atoms in total. The van der Waals surface area contributed by atoms with Crippen LogP contribution in [0.2, 0.25) is 0 Å². The normalized spacial score (nSPS) is 23.2. The van der Waals surface area contributed by atoms with Gasteiger partial charge in [-0.25, -0.2) is 0 Å². The highest BCUT2D eigenvalue weighted by Gasteiger charge is 2.30. The molecule has 132 valence electrons. The monoisotopic (exact) mass is 332 g/mol. The number of hydrogen-bond acceptors (Lipinski definition) is 4. The number of rotatable bonds is 8. The molecule has 2 amide bonds. The van der Waals surface area contributed by atoms with E-state index in [9.17, 15) is 9.59 Å². The fraction of sp³-hybridized carbons (Fsp3) is 0.556. The molecule has 2 rings (SSSR count). The van der Waals surface area contributed by atoms with E-state index in [-0.39, 0.29) is 18.2 Å². The van der Waals surface area contributed by atoms with E-state index in [1.165, 1.54) is 0 Å². The van der Waals surface area contributed by atoms with Crippen molar-refractivity contribution in [2.75, 3.05) is 6.54 Å². The van der Waals surface area contributed by atoms with E-state index in [1.54, 1.807) is 4.90 Å². The Labute approximate surface area is 143 Å². The first kappa shape index (κ1) is 18.4. The molecule has 0 saturated carbocycles. The van der Waals surface area contributed by atoms with Crippen LogP contribution in [0.5, 0.6) is 0 Å². The third kappa shape index (κ3) is 5.32. The zero-order valence-corrected chi connectivity index (χ0v) is 14.5. The molecule has 0 aliphatic carbocycles. The first-order valence-electron chi connectivity index (χ1n) is 8.58. The quantitative estimate of drug-likeness (QED) is 0.667. The molecule has 1 fully saturated rings. The first-order valence-corrected chi connectivity index (χ1v) is 8.58. The van der Waals surface area contributed by atoms with Gasteiger partial charge in [-0.2, -0.15) is 0 Å². The van der Waals surface area contributed by atoms with Gasteiger partial charge in [-0.05, 0) is 31.7 Å². The summed E-state index contributed by atoms with van der Waals surface area (Å²) in [6.07, 6.45) is 1.50. The smallest absolute Gasteiger partial charge is 0.222 e. The number of benzene rings is 1. The van der Waals surface area contributed by atoms with Crippen LogP contribution in [0.15, 0.2) is 30.3 Å². The van der Waals surface area contributed by atoms with Gasteiger partial charge in [0.25, 0.3) is 0 Å². The zero-order chi connectivity index (χ0) is 17.5. The molecule has 24 heavy (non-hydrogen) atoms. The predicted molar refractivity (Wildman–Crippen MR) is 93.6 cm³/mol. The summed E-state index contributed by atoms with van der Waals surface area (Å²) in [5.74, 6) is 0.113. The van der Waals surface area contributed by atoms with Crippen LogP contribution in [0.25, 0.3) is 0 Å². The summed E-state index contributed by atoms with van der Waals surface area (Å²) >= 11 is 0. The molecule has 0 radical (unpaired) electrons. The van der Waals surface area contributed by atoms with E-state index >= 15 is 0 Å². The SMILES string of the molecule is CC1NNC(C)C1CCC(=O)N(CCC(N)=O)Cc1ccccc1. The van der Waals surface area contributed by atoms with Gasteiger partial charge < -0.3 is 10.6 Å². The molecule has 4 N–H and O–H groups in total. The Morgan fingerprint density at radius 1 is 1.08 bits per heavy atom. The minimum atomic E-state index is -0.382. The van der Waals surface area contributed by atoms with E-state index in [2.05, 4.69) is 24.7 Å². The Hall–Kier alpha value is -1.92. The third-order valence-corrected chi connectivity index (χ3v) is 4.71. The Morgan fingerprint density at radius 3 is 2.29 bits per heavy atom. The highest BCUT2D eigenvalue weighted by Crippen LogP contribution is 2.21. The number of amides is 2. The number of nitrogens with one attached hydrogen (secondary N) is 2. The van der Waals surface area contributed by atoms with Crippen molar-refractivity contribution in [3.8, 4) is 0 Å². The van der Waals surface area contributed by atoms with Crippen LogP contribution in [0.1, 0.15) is 38.7 Å². The average Bonchev–Trinajstić information content (AvgIpc) is 2.88. The molecular formula is C18H28N4O2. The largest absolute Gasteiger partial charge is 0.370 e. The second-order valence-corrected chi connectivity index (χ2v) is 6.59. The Balaban J connectivity index is 1.94. The van der Waals surface area contributed by atoms with Crippen molar-refractivity contribution in [3.63, 3.8) is 0 Å². The van der Waals surface area contributed by atoms with Crippen LogP contribution in [0.3, 0.4) is 0 Å². The van der Waals surface area contributed by atoms with Crippen molar-refractivity contribution < 1.29 is 9.59 Å². The van der Waals surface area contributed by atoms with Gasteiger partial charge in [-0.1, -0.05) is 30.3 Å². The molecule has 0 aromatic heterocycles. The minimum Gasteiger partial charge on any atom is -0.370 e. The van der Waals surface area contributed by atoms with Crippen molar-refractivity contribution in [3.05, 3.63) is 35.9 Å². The number of hydrazine groups is 1. The predicted octanol–water partition coefficient (Wildman–Crippen LogP) is 1.17. The second kappa shape index (κ2) is 8.80. The van der Waals surface area contributed by atoms with Gasteiger partial charge in [0.05, 0.1) is 0 Å². The molecule has 2 atom stereocenters. The molecule has 0 spiro atoms. The van der Waals surface area contributed by atoms with Crippen molar-refractivity contribution >= 4 is 11.8 Å². The summed E-state index contributed by atoms with van der Waals surface area (Å²) in [6.45, 7) is 5.13. The molecule has 1 aliphatic heterocycles. The Kier molecular flexibility index (Phi) is 6.75. The van der Waals surface area contributed by atoms with Crippen molar-refractivity contribution in [2.24, 2.45) is 11.7 Å². The van der Waals surface area contributed by atoms with Crippen LogP contribution < -0.4 is 16.6 Å². The number of carbonyl (C=O) groups excluding carboxylic acids is 2. The van der Waals surface area contributed by atoms with E-state index in [1.807, 2.05) is 30.3 Å². The molecule has 0 bridgehead atoms. The zero-order valence-electron chi connectivity index (χ0n) is 14.5. The van der Waals surface area contributed by atoms with Gasteiger partial charge in [0.15, 0.2) is 0 Å². The number of primary amides is 1. The second-order valence-electron chi connectivity index (χ2n) is 6.59. The summed E-state index contributed by atoms with van der Waals surface area (Å²) in [5.41, 5.74) is 12.7. The van der Waals surface area contributed by atoms with Crippen LogP contribution in [0.4, 0.5) is 0 Å². The van der Waals surface area contributed by atoms with E-state index in [0.29, 0.717) is 37.5 Å². The lowest BCUT2D eigenvalue weighted by Gasteiger charge is -2.24. The van der Waals surface area contributed by atoms with Gasteiger partial charge in [0.1, 0.15) is 0 Å². The lowest BCUT2D eigenvalue weighted by Crippen LogP contribution is -2.34. The lowest BCUT2D eigenvalue weighted by molar-refractivity contribution is -0.132. The lowest BCUT2D eigenvalue weighted by atomic mass is 9.91. The van der Waals surface area contributed by atoms with Crippen LogP contribution >= 0.6 is 0 Å². The van der Waals surface area contributed by atoms with Crippen LogP contribution in [-0.4, -0.2) is 35.3 Å².